The zero-order valence-corrected chi connectivity index (χ0v) is 8.99. The highest BCUT2D eigenvalue weighted by Gasteiger charge is 2.16. The van der Waals surface area contributed by atoms with Gasteiger partial charge in [0.05, 0.1) is 0 Å². The van der Waals surface area contributed by atoms with Crippen LogP contribution in [0.4, 0.5) is 0 Å². The van der Waals surface area contributed by atoms with Crippen LogP contribution in [0.1, 0.15) is 10.4 Å². The molecule has 1 aromatic carbocycles. The summed E-state index contributed by atoms with van der Waals surface area (Å²) >= 11 is 3.09. The molecule has 0 amide bonds. The van der Waals surface area contributed by atoms with Crippen molar-refractivity contribution in [1.82, 2.24) is 0 Å². The van der Waals surface area contributed by atoms with Crippen molar-refractivity contribution >= 4 is 27.7 Å². The number of carbonyl (C=O) groups is 2. The predicted molar refractivity (Wildman–Crippen MR) is 55.5 cm³/mol. The fourth-order valence-corrected chi connectivity index (χ4v) is 1.07. The second-order valence-electron chi connectivity index (χ2n) is 2.52. The van der Waals surface area contributed by atoms with Gasteiger partial charge in [-0.05, 0) is 0 Å². The lowest BCUT2D eigenvalue weighted by Gasteiger charge is -2.00. The number of hydrogen-bond donors (Lipinski definition) is 0. The zero-order chi connectivity index (χ0) is 10.4. The Bertz CT molecular complexity index is 321. The van der Waals surface area contributed by atoms with Crippen molar-refractivity contribution < 1.29 is 14.3 Å². The van der Waals surface area contributed by atoms with Gasteiger partial charge >= 0.3 is 5.97 Å². The van der Waals surface area contributed by atoms with Gasteiger partial charge < -0.3 is 4.74 Å². The summed E-state index contributed by atoms with van der Waals surface area (Å²) in [7, 11) is 0. The van der Waals surface area contributed by atoms with Gasteiger partial charge in [-0.15, -0.1) is 0 Å². The molecular formula is C10H9BrO3. The van der Waals surface area contributed by atoms with Gasteiger partial charge in [-0.1, -0.05) is 46.3 Å². The summed E-state index contributed by atoms with van der Waals surface area (Å²) in [4.78, 5) is 22.5. The number of alkyl halides is 1. The molecule has 74 valence electrons. The van der Waals surface area contributed by atoms with Crippen molar-refractivity contribution in [3.05, 3.63) is 35.9 Å². The third-order valence-electron chi connectivity index (χ3n) is 1.53. The summed E-state index contributed by atoms with van der Waals surface area (Å²) in [5.41, 5.74) is 0.354. The fourth-order valence-electron chi connectivity index (χ4n) is 0.904. The van der Waals surface area contributed by atoms with Crippen LogP contribution < -0.4 is 0 Å². The third-order valence-corrected chi connectivity index (χ3v) is 1.86. The Labute approximate surface area is 90.2 Å². The lowest BCUT2D eigenvalue weighted by molar-refractivity contribution is -0.137. The van der Waals surface area contributed by atoms with E-state index in [1.807, 2.05) is 0 Å². The van der Waals surface area contributed by atoms with Crippen molar-refractivity contribution in [2.45, 2.75) is 0 Å². The largest absolute Gasteiger partial charge is 0.459 e. The van der Waals surface area contributed by atoms with E-state index >= 15 is 0 Å². The van der Waals surface area contributed by atoms with Gasteiger partial charge in [-0.25, -0.2) is 4.79 Å². The van der Waals surface area contributed by atoms with E-state index < -0.39 is 11.8 Å². The van der Waals surface area contributed by atoms with Gasteiger partial charge in [0.15, 0.2) is 0 Å². The van der Waals surface area contributed by atoms with Crippen LogP contribution >= 0.6 is 15.9 Å². The number of ketones is 1. The summed E-state index contributed by atoms with van der Waals surface area (Å²) in [5.74, 6) is -1.41. The number of halogens is 1. The smallest absolute Gasteiger partial charge is 0.379 e. The van der Waals surface area contributed by atoms with E-state index in [1.54, 1.807) is 30.3 Å². The molecule has 0 aliphatic rings. The minimum absolute atomic E-state index is 0.206. The van der Waals surface area contributed by atoms with Crippen LogP contribution in [0.15, 0.2) is 30.3 Å². The molecule has 0 saturated heterocycles. The van der Waals surface area contributed by atoms with Crippen LogP contribution in [-0.2, 0) is 9.53 Å². The molecule has 0 aliphatic carbocycles. The maximum absolute atomic E-state index is 11.4. The molecule has 0 saturated carbocycles. The van der Waals surface area contributed by atoms with Crippen LogP contribution in [0, 0.1) is 0 Å². The number of benzene rings is 1. The monoisotopic (exact) mass is 256 g/mol. The van der Waals surface area contributed by atoms with Crippen LogP contribution in [0.5, 0.6) is 0 Å². The Kier molecular flexibility index (Phi) is 4.32. The summed E-state index contributed by atoms with van der Waals surface area (Å²) in [6.45, 7) is 0.206. The number of hydrogen-bond acceptors (Lipinski definition) is 3. The lowest BCUT2D eigenvalue weighted by atomic mass is 10.1. The van der Waals surface area contributed by atoms with Gasteiger partial charge in [0.1, 0.15) is 6.61 Å². The Morgan fingerprint density at radius 1 is 1.21 bits per heavy atom. The molecule has 1 rings (SSSR count). The molecule has 0 heterocycles. The van der Waals surface area contributed by atoms with Crippen LogP contribution in [0.3, 0.4) is 0 Å². The number of carbonyl (C=O) groups excluding carboxylic acids is 2. The minimum atomic E-state index is -0.810. The highest BCUT2D eigenvalue weighted by molar-refractivity contribution is 9.09. The third kappa shape index (κ3) is 2.96. The first-order valence-corrected chi connectivity index (χ1v) is 5.20. The molecule has 0 bridgehead atoms. The molecule has 0 radical (unpaired) electrons. The molecule has 0 atom stereocenters. The predicted octanol–water partition coefficient (Wildman–Crippen LogP) is 1.81. The average Bonchev–Trinajstić information content (AvgIpc) is 2.26. The van der Waals surface area contributed by atoms with E-state index in [4.69, 9.17) is 0 Å². The van der Waals surface area contributed by atoms with Crippen molar-refractivity contribution in [3.63, 3.8) is 0 Å². The number of rotatable bonds is 4. The van der Waals surface area contributed by atoms with E-state index in [0.717, 1.165) is 0 Å². The second-order valence-corrected chi connectivity index (χ2v) is 3.31. The Hall–Kier alpha value is -1.16. The molecule has 0 N–H and O–H groups in total. The SMILES string of the molecule is O=C(OCCBr)C(=O)c1ccccc1. The van der Waals surface area contributed by atoms with E-state index in [9.17, 15) is 9.59 Å². The normalized spacial score (nSPS) is 9.50. The van der Waals surface area contributed by atoms with E-state index in [-0.39, 0.29) is 6.61 Å². The van der Waals surface area contributed by atoms with Crippen molar-refractivity contribution in [1.29, 1.82) is 0 Å². The number of Topliss-reactive ketones (excluding diaryl/α,β-unsaturated/α-hetero) is 1. The summed E-state index contributed by atoms with van der Waals surface area (Å²) < 4.78 is 4.67. The molecule has 0 aliphatic heterocycles. The molecule has 4 heteroatoms. The zero-order valence-electron chi connectivity index (χ0n) is 7.40. The summed E-state index contributed by atoms with van der Waals surface area (Å²) in [6.07, 6.45) is 0. The molecule has 1 aromatic rings. The molecule has 0 fully saturated rings. The van der Waals surface area contributed by atoms with Gasteiger partial charge in [0.25, 0.3) is 5.78 Å². The highest BCUT2D eigenvalue weighted by Crippen LogP contribution is 2.01. The van der Waals surface area contributed by atoms with Gasteiger partial charge in [-0.3, -0.25) is 4.79 Å². The Balaban J connectivity index is 2.62. The standard InChI is InChI=1S/C10H9BrO3/c11-6-7-14-10(13)9(12)8-4-2-1-3-5-8/h1-5H,6-7H2. The first-order valence-electron chi connectivity index (χ1n) is 4.08. The molecule has 0 unspecified atom stereocenters. The number of esters is 1. The Morgan fingerprint density at radius 2 is 1.86 bits per heavy atom. The second kappa shape index (κ2) is 5.54. The van der Waals surface area contributed by atoms with E-state index in [1.165, 1.54) is 0 Å². The first-order chi connectivity index (χ1) is 6.75. The minimum Gasteiger partial charge on any atom is -0.459 e. The highest BCUT2D eigenvalue weighted by atomic mass is 79.9. The van der Waals surface area contributed by atoms with Crippen molar-refractivity contribution in [2.75, 3.05) is 11.9 Å². The van der Waals surface area contributed by atoms with Gasteiger partial charge in [0, 0.05) is 10.9 Å². The summed E-state index contributed by atoms with van der Waals surface area (Å²) in [5, 5.41) is 0.529. The summed E-state index contributed by atoms with van der Waals surface area (Å²) in [6, 6.07) is 8.34. The molecular weight excluding hydrogens is 248 g/mol. The van der Waals surface area contributed by atoms with E-state index in [2.05, 4.69) is 20.7 Å². The van der Waals surface area contributed by atoms with Crippen molar-refractivity contribution in [2.24, 2.45) is 0 Å². The van der Waals surface area contributed by atoms with Crippen LogP contribution in [0.25, 0.3) is 0 Å². The maximum atomic E-state index is 11.4. The van der Waals surface area contributed by atoms with Crippen molar-refractivity contribution in [3.8, 4) is 0 Å². The van der Waals surface area contributed by atoms with Crippen LogP contribution in [0.2, 0.25) is 0 Å². The molecule has 3 nitrogen and oxygen atoms in total. The van der Waals surface area contributed by atoms with Gasteiger partial charge in [-0.2, -0.15) is 0 Å². The average molecular weight is 257 g/mol. The first kappa shape index (κ1) is 10.9. The maximum Gasteiger partial charge on any atom is 0.379 e. The lowest BCUT2D eigenvalue weighted by Crippen LogP contribution is -2.18. The Morgan fingerprint density at radius 3 is 2.43 bits per heavy atom. The fraction of sp³-hybridized carbons (Fsp3) is 0.200. The molecule has 14 heavy (non-hydrogen) atoms. The quantitative estimate of drug-likeness (QED) is 0.357. The number of ether oxygens (including phenoxy) is 1. The van der Waals surface area contributed by atoms with Crippen LogP contribution in [-0.4, -0.2) is 23.7 Å². The van der Waals surface area contributed by atoms with Gasteiger partial charge in [0.2, 0.25) is 0 Å². The molecule has 0 aromatic heterocycles. The topological polar surface area (TPSA) is 43.4 Å². The van der Waals surface area contributed by atoms with E-state index in [0.29, 0.717) is 10.9 Å². The molecule has 0 spiro atoms.